The number of aromatic nitrogens is 3. The third-order valence-electron chi connectivity index (χ3n) is 6.69. The fourth-order valence-corrected chi connectivity index (χ4v) is 5.09. The first-order valence-corrected chi connectivity index (χ1v) is 14.9. The number of thiazole rings is 1. The standard InChI is InChI=1S/C33H30N4O7S/c1-5-43-28(38)17-23-18-45-33(34-23)37-31(39)19(2)44-32(40)22-10-15-26-27(16-22)36-30(21-8-13-25(42-4)14-9-21)29(35-26)20-6-11-24(41-3)12-7-20/h6-16,18-19H,5,17H2,1-4H3,(H,34,37,39). The lowest BCUT2D eigenvalue weighted by molar-refractivity contribution is -0.142. The number of nitrogens with one attached hydrogen (secondary N) is 1. The fourth-order valence-electron chi connectivity index (χ4n) is 4.38. The monoisotopic (exact) mass is 626 g/mol. The molecule has 0 bridgehead atoms. The third kappa shape index (κ3) is 7.42. The number of ether oxygens (including phenoxy) is 4. The highest BCUT2D eigenvalue weighted by Crippen LogP contribution is 2.33. The summed E-state index contributed by atoms with van der Waals surface area (Å²) in [5.74, 6) is -0.250. The molecule has 0 aliphatic carbocycles. The van der Waals surface area contributed by atoms with Gasteiger partial charge in [0.2, 0.25) is 0 Å². The first-order chi connectivity index (χ1) is 21.8. The number of rotatable bonds is 11. The average Bonchev–Trinajstić information content (AvgIpc) is 3.50. The molecule has 5 aromatic rings. The minimum Gasteiger partial charge on any atom is -0.497 e. The number of amides is 1. The van der Waals surface area contributed by atoms with Crippen molar-refractivity contribution in [1.29, 1.82) is 0 Å². The molecule has 11 nitrogen and oxygen atoms in total. The molecule has 12 heteroatoms. The van der Waals surface area contributed by atoms with Crippen LogP contribution in [0.1, 0.15) is 29.9 Å². The van der Waals surface area contributed by atoms with E-state index in [4.69, 9.17) is 28.9 Å². The van der Waals surface area contributed by atoms with E-state index in [1.165, 1.54) is 6.92 Å². The molecule has 5 rings (SSSR count). The van der Waals surface area contributed by atoms with Crippen molar-refractivity contribution in [1.82, 2.24) is 15.0 Å². The van der Waals surface area contributed by atoms with Gasteiger partial charge in [-0.1, -0.05) is 0 Å². The van der Waals surface area contributed by atoms with Crippen molar-refractivity contribution in [3.05, 3.63) is 83.4 Å². The van der Waals surface area contributed by atoms with E-state index >= 15 is 0 Å². The SMILES string of the molecule is CCOC(=O)Cc1csc(NC(=O)C(C)OC(=O)c2ccc3nc(-c4ccc(OC)cc4)c(-c4ccc(OC)cc4)nc3c2)n1. The zero-order valence-corrected chi connectivity index (χ0v) is 25.8. The zero-order chi connectivity index (χ0) is 31.9. The summed E-state index contributed by atoms with van der Waals surface area (Å²) in [6.45, 7) is 3.45. The predicted octanol–water partition coefficient (Wildman–Crippen LogP) is 5.73. The molecule has 45 heavy (non-hydrogen) atoms. The number of methoxy groups -OCH3 is 2. The van der Waals surface area contributed by atoms with E-state index in [2.05, 4.69) is 10.3 Å². The molecule has 1 N–H and O–H groups in total. The van der Waals surface area contributed by atoms with Crippen LogP contribution in [-0.4, -0.2) is 59.7 Å². The van der Waals surface area contributed by atoms with E-state index in [-0.39, 0.29) is 23.7 Å². The third-order valence-corrected chi connectivity index (χ3v) is 7.50. The van der Waals surface area contributed by atoms with Crippen molar-refractivity contribution >= 4 is 45.3 Å². The van der Waals surface area contributed by atoms with Crippen LogP contribution in [0.5, 0.6) is 11.5 Å². The van der Waals surface area contributed by atoms with Crippen LogP contribution in [0.25, 0.3) is 33.5 Å². The van der Waals surface area contributed by atoms with Gasteiger partial charge in [-0.25, -0.2) is 19.7 Å². The smallest absolute Gasteiger partial charge is 0.338 e. The summed E-state index contributed by atoms with van der Waals surface area (Å²) >= 11 is 1.16. The molecule has 0 saturated carbocycles. The molecule has 2 aromatic heterocycles. The Balaban J connectivity index is 1.36. The quantitative estimate of drug-likeness (QED) is 0.181. The molecule has 1 atom stereocenters. The Kier molecular flexibility index (Phi) is 9.64. The van der Waals surface area contributed by atoms with Crippen molar-refractivity contribution < 1.29 is 33.3 Å². The van der Waals surface area contributed by atoms with Gasteiger partial charge >= 0.3 is 11.9 Å². The van der Waals surface area contributed by atoms with Crippen LogP contribution in [-0.2, 0) is 25.5 Å². The van der Waals surface area contributed by atoms with Crippen LogP contribution in [0.2, 0.25) is 0 Å². The second-order valence-electron chi connectivity index (χ2n) is 9.74. The maximum Gasteiger partial charge on any atom is 0.338 e. The molecule has 0 aliphatic rings. The summed E-state index contributed by atoms with van der Waals surface area (Å²) in [5.41, 5.74) is 4.64. The first-order valence-electron chi connectivity index (χ1n) is 14.0. The summed E-state index contributed by atoms with van der Waals surface area (Å²) in [4.78, 5) is 51.5. The molecule has 1 amide bonds. The summed E-state index contributed by atoms with van der Waals surface area (Å²) in [7, 11) is 3.21. The van der Waals surface area contributed by atoms with E-state index in [0.717, 1.165) is 28.2 Å². The fraction of sp³-hybridized carbons (Fsp3) is 0.212. The molecule has 0 fully saturated rings. The van der Waals surface area contributed by atoms with E-state index in [1.54, 1.807) is 44.7 Å². The molecule has 1 unspecified atom stereocenters. The lowest BCUT2D eigenvalue weighted by atomic mass is 10.0. The van der Waals surface area contributed by atoms with E-state index in [9.17, 15) is 14.4 Å². The Morgan fingerprint density at radius 1 is 0.822 bits per heavy atom. The second-order valence-corrected chi connectivity index (χ2v) is 10.6. The van der Waals surface area contributed by atoms with Crippen LogP contribution in [0.4, 0.5) is 5.13 Å². The minimum absolute atomic E-state index is 0.00260. The number of carbonyl (C=O) groups is 3. The van der Waals surface area contributed by atoms with Crippen LogP contribution >= 0.6 is 11.3 Å². The molecule has 3 aromatic carbocycles. The minimum atomic E-state index is -1.12. The van der Waals surface area contributed by atoms with Crippen LogP contribution in [0, 0.1) is 0 Å². The largest absolute Gasteiger partial charge is 0.497 e. The molecule has 0 radical (unpaired) electrons. The number of anilines is 1. The van der Waals surface area contributed by atoms with Gasteiger partial charge in [-0.05, 0) is 80.6 Å². The molecule has 0 saturated heterocycles. The molecule has 0 aliphatic heterocycles. The van der Waals surface area contributed by atoms with Gasteiger partial charge in [-0.2, -0.15) is 0 Å². The first kappa shape index (κ1) is 31.1. The molecule has 2 heterocycles. The number of nitrogens with zero attached hydrogens (tertiary/aromatic N) is 3. The molecule has 0 spiro atoms. The number of benzene rings is 3. The van der Waals surface area contributed by atoms with Gasteiger partial charge < -0.3 is 18.9 Å². The van der Waals surface area contributed by atoms with Crippen LogP contribution in [0.15, 0.2) is 72.1 Å². The van der Waals surface area contributed by atoms with Gasteiger partial charge in [0.15, 0.2) is 11.2 Å². The number of carbonyl (C=O) groups excluding carboxylic acids is 3. The zero-order valence-electron chi connectivity index (χ0n) is 25.0. The van der Waals surface area contributed by atoms with Gasteiger partial charge in [-0.3, -0.25) is 14.9 Å². The summed E-state index contributed by atoms with van der Waals surface area (Å²) in [5, 5.41) is 4.55. The molecular formula is C33H30N4O7S. The molecule has 230 valence electrons. The Hall–Kier alpha value is -5.36. The summed E-state index contributed by atoms with van der Waals surface area (Å²) < 4.78 is 21.0. The number of esters is 2. The van der Waals surface area contributed by atoms with Crippen LogP contribution < -0.4 is 14.8 Å². The van der Waals surface area contributed by atoms with E-state index in [1.807, 2.05) is 48.5 Å². The van der Waals surface area contributed by atoms with Gasteiger partial charge in [0.1, 0.15) is 11.5 Å². The second kappa shape index (κ2) is 14.0. The van der Waals surface area contributed by atoms with E-state index < -0.39 is 23.9 Å². The lowest BCUT2D eigenvalue weighted by Crippen LogP contribution is -2.30. The summed E-state index contributed by atoms with van der Waals surface area (Å²) in [6, 6.07) is 19.8. The Labute approximate surface area is 263 Å². The Morgan fingerprint density at radius 3 is 2.00 bits per heavy atom. The van der Waals surface area contributed by atoms with E-state index in [0.29, 0.717) is 33.9 Å². The number of hydrogen-bond donors (Lipinski definition) is 1. The van der Waals surface area contributed by atoms with Crippen LogP contribution in [0.3, 0.4) is 0 Å². The predicted molar refractivity (Wildman–Crippen MR) is 169 cm³/mol. The normalized spacial score (nSPS) is 11.5. The maximum atomic E-state index is 13.1. The topological polar surface area (TPSA) is 139 Å². The van der Waals surface area contributed by atoms with Gasteiger partial charge in [0, 0.05) is 16.5 Å². The van der Waals surface area contributed by atoms with Gasteiger partial charge in [0.25, 0.3) is 5.91 Å². The van der Waals surface area contributed by atoms with Crippen molar-refractivity contribution in [3.63, 3.8) is 0 Å². The van der Waals surface area contributed by atoms with Gasteiger partial charge in [0.05, 0.1) is 60.9 Å². The Morgan fingerprint density at radius 2 is 1.42 bits per heavy atom. The van der Waals surface area contributed by atoms with Crippen molar-refractivity contribution in [2.45, 2.75) is 26.4 Å². The highest BCUT2D eigenvalue weighted by molar-refractivity contribution is 7.13. The Bertz CT molecular complexity index is 1840. The lowest BCUT2D eigenvalue weighted by Gasteiger charge is -2.14. The van der Waals surface area contributed by atoms with Crippen molar-refractivity contribution in [2.75, 3.05) is 26.1 Å². The number of hydrogen-bond acceptors (Lipinski definition) is 11. The maximum absolute atomic E-state index is 13.1. The van der Waals surface area contributed by atoms with Crippen molar-refractivity contribution in [3.8, 4) is 34.0 Å². The highest BCUT2D eigenvalue weighted by Gasteiger charge is 2.22. The highest BCUT2D eigenvalue weighted by atomic mass is 32.1. The van der Waals surface area contributed by atoms with Crippen molar-refractivity contribution in [2.24, 2.45) is 0 Å². The van der Waals surface area contributed by atoms with Gasteiger partial charge in [-0.15, -0.1) is 11.3 Å². The molecular weight excluding hydrogens is 596 g/mol. The summed E-state index contributed by atoms with van der Waals surface area (Å²) in [6.07, 6.45) is -1.12. The average molecular weight is 627 g/mol. The number of fused-ring (bicyclic) bond motifs is 1.